The zero-order valence-corrected chi connectivity index (χ0v) is 17.9. The third-order valence-electron chi connectivity index (χ3n) is 3.88. The molecule has 0 aliphatic carbocycles. The number of fused-ring (bicyclic) bond motifs is 1. The molecule has 0 aromatic carbocycles. The van der Waals surface area contributed by atoms with Crippen LogP contribution in [0.3, 0.4) is 0 Å². The molecular weight excluding hydrogens is 523 g/mol. The summed E-state index contributed by atoms with van der Waals surface area (Å²) in [5.74, 6) is -5.09. The van der Waals surface area contributed by atoms with Crippen molar-refractivity contribution in [3.05, 3.63) is 33.6 Å². The first-order valence-corrected chi connectivity index (χ1v) is 10.1. The Balaban J connectivity index is 2.06. The molecule has 0 aliphatic heterocycles. The highest BCUT2D eigenvalue weighted by Crippen LogP contribution is 2.36. The van der Waals surface area contributed by atoms with Crippen molar-refractivity contribution >= 4 is 44.9 Å². The number of imidazole rings is 1. The van der Waals surface area contributed by atoms with Gasteiger partial charge in [0.2, 0.25) is 11.1 Å². The van der Waals surface area contributed by atoms with Crippen LogP contribution in [0.15, 0.2) is 34.0 Å². The topological polar surface area (TPSA) is 81.6 Å². The van der Waals surface area contributed by atoms with Crippen molar-refractivity contribution in [1.29, 1.82) is 0 Å². The fraction of sp³-hybridized carbons (Fsp3) is 0.267. The number of ether oxygens (including phenoxy) is 1. The second kappa shape index (κ2) is 7.94. The molecule has 0 fully saturated rings. The summed E-state index contributed by atoms with van der Waals surface area (Å²) in [6.07, 6.45) is -3.26. The molecule has 0 spiro atoms. The number of alkyl halides is 5. The van der Waals surface area contributed by atoms with Crippen LogP contribution in [0.5, 0.6) is 6.01 Å². The lowest BCUT2D eigenvalue weighted by Gasteiger charge is -2.20. The minimum atomic E-state index is -5.78. The fourth-order valence-corrected chi connectivity index (χ4v) is 3.60. The maximum Gasteiger partial charge on any atom is 0.456 e. The zero-order valence-electron chi connectivity index (χ0n) is 14.7. The Hall–Kier alpha value is -1.97. The van der Waals surface area contributed by atoms with Crippen LogP contribution in [0.4, 0.5) is 22.0 Å². The van der Waals surface area contributed by atoms with E-state index in [0.717, 1.165) is 10.8 Å². The van der Waals surface area contributed by atoms with Crippen LogP contribution in [-0.4, -0.2) is 46.4 Å². The molecule has 0 amide bonds. The molecule has 30 heavy (non-hydrogen) atoms. The van der Waals surface area contributed by atoms with Gasteiger partial charge in [0, 0.05) is 23.9 Å². The maximum atomic E-state index is 13.1. The van der Waals surface area contributed by atoms with E-state index in [1.807, 2.05) is 0 Å². The molecule has 0 radical (unpaired) electrons. The number of hydrogen-bond acceptors (Lipinski definition) is 5. The third-order valence-corrected chi connectivity index (χ3v) is 5.57. The molecule has 7 nitrogen and oxygen atoms in total. The number of hydrogen-bond donors (Lipinski definition) is 1. The van der Waals surface area contributed by atoms with E-state index >= 15 is 0 Å². The van der Waals surface area contributed by atoms with Crippen molar-refractivity contribution in [1.82, 2.24) is 18.9 Å². The first-order valence-electron chi connectivity index (χ1n) is 7.75. The predicted octanol–water partition coefficient (Wildman–Crippen LogP) is 4.38. The van der Waals surface area contributed by atoms with Gasteiger partial charge >= 0.3 is 12.1 Å². The van der Waals surface area contributed by atoms with Crippen molar-refractivity contribution in [2.75, 3.05) is 6.61 Å². The number of aromatic nitrogens is 4. The van der Waals surface area contributed by atoms with Crippen molar-refractivity contribution in [2.24, 2.45) is 7.05 Å². The summed E-state index contributed by atoms with van der Waals surface area (Å²) in [6, 6.07) is 2.63. The Labute approximate surface area is 180 Å². The Morgan fingerprint density at radius 2 is 1.97 bits per heavy atom. The molecule has 1 atom stereocenters. The predicted molar refractivity (Wildman–Crippen MR) is 101 cm³/mol. The molecule has 3 rings (SSSR count). The van der Waals surface area contributed by atoms with E-state index in [4.69, 9.17) is 12.2 Å². The standard InChI is InChI=1S/C15H10BrF5N4O3S2/c1-24-11(29)8(4-22-13(24)28-6-14(17,18)15(19,20)21)10-12(30(26)27)25-5-7(16)2-3-9(25)23-10/h2-5H,6H2,1H3,(H,26,27). The SMILES string of the molecule is Cn1c(OCC(F)(F)C(F)(F)F)ncc(-c2nc3ccc(Br)cn3c2S(=O)O)c1=S. The average molecular weight is 533 g/mol. The van der Waals surface area contributed by atoms with E-state index < -0.39 is 35.8 Å². The Morgan fingerprint density at radius 1 is 1.30 bits per heavy atom. The van der Waals surface area contributed by atoms with Crippen LogP contribution in [0.25, 0.3) is 16.9 Å². The number of halogens is 6. The van der Waals surface area contributed by atoms with Gasteiger partial charge in [-0.15, -0.1) is 0 Å². The smallest absolute Gasteiger partial charge is 0.456 e. The number of rotatable bonds is 5. The van der Waals surface area contributed by atoms with Crippen molar-refractivity contribution in [2.45, 2.75) is 17.1 Å². The lowest BCUT2D eigenvalue weighted by molar-refractivity contribution is -0.290. The van der Waals surface area contributed by atoms with E-state index in [0.29, 0.717) is 10.1 Å². The van der Waals surface area contributed by atoms with Crippen LogP contribution in [-0.2, 0) is 18.1 Å². The van der Waals surface area contributed by atoms with Gasteiger partial charge in [0.1, 0.15) is 16.0 Å². The summed E-state index contributed by atoms with van der Waals surface area (Å²) in [6.45, 7) is -1.99. The van der Waals surface area contributed by atoms with E-state index in [-0.39, 0.29) is 20.9 Å². The van der Waals surface area contributed by atoms with E-state index in [1.54, 1.807) is 12.1 Å². The highest BCUT2D eigenvalue weighted by atomic mass is 79.9. The van der Waals surface area contributed by atoms with Crippen LogP contribution in [0.2, 0.25) is 0 Å². The monoisotopic (exact) mass is 532 g/mol. The average Bonchev–Trinajstić information content (AvgIpc) is 3.00. The van der Waals surface area contributed by atoms with Crippen molar-refractivity contribution in [3.63, 3.8) is 0 Å². The van der Waals surface area contributed by atoms with Crippen molar-refractivity contribution in [3.8, 4) is 17.3 Å². The summed E-state index contributed by atoms with van der Waals surface area (Å²) in [7, 11) is 1.24. The lowest BCUT2D eigenvalue weighted by Crippen LogP contribution is -2.42. The zero-order chi connectivity index (χ0) is 22.4. The molecular formula is C15H10BrF5N4O3S2. The summed E-state index contributed by atoms with van der Waals surface area (Å²) in [5, 5.41) is -0.128. The molecule has 0 aliphatic rings. The molecule has 3 heterocycles. The summed E-state index contributed by atoms with van der Waals surface area (Å²) in [5.41, 5.74) is 0.390. The van der Waals surface area contributed by atoms with Gasteiger partial charge < -0.3 is 9.29 Å². The first kappa shape index (κ1) is 22.7. The maximum absolute atomic E-state index is 13.1. The molecule has 3 aromatic heterocycles. The van der Waals surface area contributed by atoms with Gasteiger partial charge in [-0.25, -0.2) is 14.2 Å². The molecule has 0 bridgehead atoms. The van der Waals surface area contributed by atoms with Gasteiger partial charge in [-0.2, -0.15) is 22.0 Å². The number of nitrogens with zero attached hydrogens (tertiary/aromatic N) is 4. The van der Waals surface area contributed by atoms with E-state index in [2.05, 4.69) is 30.6 Å². The second-order valence-electron chi connectivity index (χ2n) is 5.90. The van der Waals surface area contributed by atoms with Gasteiger partial charge in [-0.1, -0.05) is 12.2 Å². The van der Waals surface area contributed by atoms with Crippen LogP contribution in [0.1, 0.15) is 0 Å². The van der Waals surface area contributed by atoms with Crippen LogP contribution < -0.4 is 4.74 Å². The Bertz CT molecular complexity index is 1210. The second-order valence-corrected chi connectivity index (χ2v) is 8.09. The van der Waals surface area contributed by atoms with Gasteiger partial charge in [-0.05, 0) is 28.1 Å². The van der Waals surface area contributed by atoms with Crippen LogP contribution in [0, 0.1) is 4.64 Å². The lowest BCUT2D eigenvalue weighted by atomic mass is 10.2. The van der Waals surface area contributed by atoms with Gasteiger partial charge in [-0.3, -0.25) is 8.97 Å². The van der Waals surface area contributed by atoms with E-state index in [9.17, 15) is 30.7 Å². The fourth-order valence-electron chi connectivity index (χ4n) is 2.40. The van der Waals surface area contributed by atoms with Gasteiger partial charge in [0.05, 0.1) is 5.56 Å². The summed E-state index contributed by atoms with van der Waals surface area (Å²) < 4.78 is 92.1. The minimum absolute atomic E-state index is 0.00537. The molecule has 3 aromatic rings. The van der Waals surface area contributed by atoms with Crippen LogP contribution >= 0.6 is 28.1 Å². The molecule has 1 N–H and O–H groups in total. The highest BCUT2D eigenvalue weighted by Gasteiger charge is 2.58. The Kier molecular flexibility index (Phi) is 6.01. The Morgan fingerprint density at radius 3 is 2.57 bits per heavy atom. The third kappa shape index (κ3) is 4.10. The van der Waals surface area contributed by atoms with E-state index in [1.165, 1.54) is 17.6 Å². The van der Waals surface area contributed by atoms with Gasteiger partial charge in [0.15, 0.2) is 11.6 Å². The molecule has 0 saturated carbocycles. The normalized spacial score (nSPS) is 13.6. The molecule has 0 saturated heterocycles. The highest BCUT2D eigenvalue weighted by molar-refractivity contribution is 9.10. The van der Waals surface area contributed by atoms with Crippen molar-refractivity contribution < 1.29 is 35.5 Å². The summed E-state index contributed by atoms with van der Waals surface area (Å²) in [4.78, 5) is 7.98. The molecule has 1 unspecified atom stereocenters. The molecule has 162 valence electrons. The minimum Gasteiger partial charge on any atom is -0.458 e. The number of pyridine rings is 1. The quantitative estimate of drug-likeness (QED) is 0.298. The first-order chi connectivity index (χ1) is 13.8. The summed E-state index contributed by atoms with van der Waals surface area (Å²) >= 11 is 5.96. The van der Waals surface area contributed by atoms with Gasteiger partial charge in [0.25, 0.3) is 6.01 Å². The molecule has 15 heteroatoms. The largest absolute Gasteiger partial charge is 0.458 e.